The van der Waals surface area contributed by atoms with Crippen LogP contribution in [-0.2, 0) is 6.54 Å². The molecule has 3 heterocycles. The number of anilines is 4. The lowest BCUT2D eigenvalue weighted by Gasteiger charge is -2.27. The van der Waals surface area contributed by atoms with Crippen molar-refractivity contribution < 1.29 is 4.79 Å². The third kappa shape index (κ3) is 5.04. The van der Waals surface area contributed by atoms with Crippen LogP contribution in [0.1, 0.15) is 48.7 Å². The minimum atomic E-state index is -0.0459. The number of aromatic nitrogens is 3. The fourth-order valence-corrected chi connectivity index (χ4v) is 4.05. The fraction of sp³-hybridized carbons (Fsp3) is 0.545. The van der Waals surface area contributed by atoms with E-state index >= 15 is 0 Å². The van der Waals surface area contributed by atoms with Crippen LogP contribution in [0.3, 0.4) is 0 Å². The van der Waals surface area contributed by atoms with E-state index in [1.807, 2.05) is 31.0 Å². The van der Waals surface area contributed by atoms with Gasteiger partial charge in [0.1, 0.15) is 0 Å². The Kier molecular flexibility index (Phi) is 5.70. The molecule has 4 rings (SSSR count). The molecule has 0 saturated carbocycles. The lowest BCUT2D eigenvalue weighted by molar-refractivity contribution is 0.0966. The molecule has 4 N–H and O–H groups in total. The molecule has 0 spiro atoms. The van der Waals surface area contributed by atoms with E-state index in [1.165, 1.54) is 0 Å². The zero-order valence-corrected chi connectivity index (χ0v) is 19.0. The summed E-state index contributed by atoms with van der Waals surface area (Å²) in [5.74, 6) is 1.58. The Morgan fingerprint density at radius 1 is 1.19 bits per heavy atom. The summed E-state index contributed by atoms with van der Waals surface area (Å²) in [4.78, 5) is 28.1. The van der Waals surface area contributed by atoms with Gasteiger partial charge in [-0.3, -0.25) is 4.79 Å². The van der Waals surface area contributed by atoms with E-state index < -0.39 is 0 Å². The average molecular weight is 425 g/mol. The Labute approximate surface area is 183 Å². The number of carbonyl (C=O) groups excluding carboxylic acids is 1. The highest BCUT2D eigenvalue weighted by atomic mass is 16.1. The SMILES string of the molecule is Cc1cc2c(cc1Nc1nc(N[C@@H]3CCNC3)nc(N(C)CC(C)(C)C)n1)C(=O)NC2. The minimum Gasteiger partial charge on any atom is -0.350 e. The third-order valence-corrected chi connectivity index (χ3v) is 5.45. The Balaban J connectivity index is 1.65. The Morgan fingerprint density at radius 2 is 1.97 bits per heavy atom. The van der Waals surface area contributed by atoms with Crippen molar-refractivity contribution in [3.63, 3.8) is 0 Å². The van der Waals surface area contributed by atoms with Crippen LogP contribution in [0.15, 0.2) is 12.1 Å². The summed E-state index contributed by atoms with van der Waals surface area (Å²) in [6.07, 6.45) is 1.03. The Morgan fingerprint density at radius 3 is 2.68 bits per heavy atom. The summed E-state index contributed by atoms with van der Waals surface area (Å²) in [6.45, 7) is 11.8. The summed E-state index contributed by atoms with van der Waals surface area (Å²) in [5.41, 5.74) is 3.67. The van der Waals surface area contributed by atoms with Gasteiger partial charge in [-0.1, -0.05) is 26.8 Å². The molecule has 9 nitrogen and oxygen atoms in total. The number of carbonyl (C=O) groups is 1. The molecular formula is C22H32N8O. The van der Waals surface area contributed by atoms with E-state index in [4.69, 9.17) is 0 Å². The van der Waals surface area contributed by atoms with Crippen LogP contribution in [-0.4, -0.2) is 53.6 Å². The van der Waals surface area contributed by atoms with E-state index in [9.17, 15) is 4.79 Å². The summed E-state index contributed by atoms with van der Waals surface area (Å²) in [5, 5.41) is 13.0. The molecule has 2 aliphatic rings. The molecule has 1 fully saturated rings. The molecular weight excluding hydrogens is 392 g/mol. The van der Waals surface area contributed by atoms with Gasteiger partial charge in [-0.05, 0) is 42.5 Å². The zero-order valence-electron chi connectivity index (χ0n) is 19.0. The molecule has 1 amide bonds. The van der Waals surface area contributed by atoms with Crippen LogP contribution < -0.4 is 26.2 Å². The van der Waals surface area contributed by atoms with Gasteiger partial charge in [0.2, 0.25) is 17.8 Å². The fourth-order valence-electron chi connectivity index (χ4n) is 4.05. The van der Waals surface area contributed by atoms with E-state index in [2.05, 4.69) is 57.0 Å². The second-order valence-electron chi connectivity index (χ2n) is 9.67. The number of hydrogen-bond donors (Lipinski definition) is 4. The molecule has 1 aromatic heterocycles. The molecule has 0 aliphatic carbocycles. The van der Waals surface area contributed by atoms with Crippen LogP contribution >= 0.6 is 0 Å². The van der Waals surface area contributed by atoms with Crippen LogP contribution in [0, 0.1) is 12.3 Å². The number of nitrogens with one attached hydrogen (secondary N) is 4. The molecule has 1 saturated heterocycles. The van der Waals surface area contributed by atoms with Gasteiger partial charge in [0.15, 0.2) is 0 Å². The van der Waals surface area contributed by atoms with Crippen molar-refractivity contribution in [1.29, 1.82) is 0 Å². The van der Waals surface area contributed by atoms with Gasteiger partial charge in [0, 0.05) is 44.0 Å². The quantitative estimate of drug-likeness (QED) is 0.560. The number of aryl methyl sites for hydroxylation is 1. The largest absolute Gasteiger partial charge is 0.350 e. The van der Waals surface area contributed by atoms with Gasteiger partial charge in [0.05, 0.1) is 0 Å². The smallest absolute Gasteiger partial charge is 0.251 e. The molecule has 0 bridgehead atoms. The van der Waals surface area contributed by atoms with Crippen molar-refractivity contribution in [2.75, 3.05) is 42.2 Å². The van der Waals surface area contributed by atoms with Gasteiger partial charge in [-0.15, -0.1) is 0 Å². The van der Waals surface area contributed by atoms with Crippen molar-refractivity contribution in [3.05, 3.63) is 28.8 Å². The number of nitrogens with zero attached hydrogens (tertiary/aromatic N) is 4. The van der Waals surface area contributed by atoms with Gasteiger partial charge in [-0.25, -0.2) is 0 Å². The summed E-state index contributed by atoms with van der Waals surface area (Å²) in [6, 6.07) is 4.21. The Hall–Kier alpha value is -2.94. The molecule has 31 heavy (non-hydrogen) atoms. The predicted octanol–water partition coefficient (Wildman–Crippen LogP) is 2.42. The number of rotatable bonds is 6. The first kappa shape index (κ1) is 21.3. The number of hydrogen-bond acceptors (Lipinski definition) is 8. The first-order valence-corrected chi connectivity index (χ1v) is 10.8. The lowest BCUT2D eigenvalue weighted by atomic mass is 9.96. The molecule has 2 aromatic rings. The highest BCUT2D eigenvalue weighted by Crippen LogP contribution is 2.27. The number of amides is 1. The first-order valence-electron chi connectivity index (χ1n) is 10.8. The molecule has 2 aliphatic heterocycles. The van der Waals surface area contributed by atoms with E-state index in [-0.39, 0.29) is 11.3 Å². The number of benzene rings is 1. The molecule has 0 radical (unpaired) electrons. The normalized spacial score (nSPS) is 18.0. The van der Waals surface area contributed by atoms with E-state index in [1.54, 1.807) is 0 Å². The van der Waals surface area contributed by atoms with Crippen LogP contribution in [0.4, 0.5) is 23.5 Å². The standard InChI is InChI=1S/C22H32N8O/c1-13-8-14-10-24-18(31)16(14)9-17(13)26-20-27-19(25-15-6-7-23-11-15)28-21(29-20)30(5)12-22(2,3)4/h8-9,15,23H,6-7,10-12H2,1-5H3,(H,24,31)(H2,25,26,27,28,29)/t15-/m1/s1. The number of fused-ring (bicyclic) bond motifs is 1. The van der Waals surface area contributed by atoms with Crippen LogP contribution in [0.25, 0.3) is 0 Å². The van der Waals surface area contributed by atoms with Crippen molar-refractivity contribution in [3.8, 4) is 0 Å². The highest BCUT2D eigenvalue weighted by molar-refractivity contribution is 5.99. The average Bonchev–Trinajstić information content (AvgIpc) is 3.31. The molecule has 1 aromatic carbocycles. The van der Waals surface area contributed by atoms with Crippen molar-refractivity contribution in [2.45, 2.75) is 46.7 Å². The molecule has 0 unspecified atom stereocenters. The van der Waals surface area contributed by atoms with Crippen LogP contribution in [0.5, 0.6) is 0 Å². The predicted molar refractivity (Wildman–Crippen MR) is 123 cm³/mol. The van der Waals surface area contributed by atoms with Gasteiger partial charge < -0.3 is 26.2 Å². The van der Waals surface area contributed by atoms with Gasteiger partial charge in [0.25, 0.3) is 5.91 Å². The van der Waals surface area contributed by atoms with Gasteiger partial charge >= 0.3 is 0 Å². The monoisotopic (exact) mass is 424 g/mol. The summed E-state index contributed by atoms with van der Waals surface area (Å²) >= 11 is 0. The molecule has 1 atom stereocenters. The van der Waals surface area contributed by atoms with E-state index in [0.717, 1.165) is 42.9 Å². The van der Waals surface area contributed by atoms with Crippen molar-refractivity contribution >= 4 is 29.4 Å². The molecule has 9 heteroatoms. The van der Waals surface area contributed by atoms with Gasteiger partial charge in [-0.2, -0.15) is 15.0 Å². The Bertz CT molecular complexity index is 978. The maximum Gasteiger partial charge on any atom is 0.251 e. The third-order valence-electron chi connectivity index (χ3n) is 5.45. The summed E-state index contributed by atoms with van der Waals surface area (Å²) < 4.78 is 0. The molecule has 166 valence electrons. The van der Waals surface area contributed by atoms with E-state index in [0.29, 0.717) is 36.0 Å². The first-order chi connectivity index (χ1) is 14.7. The highest BCUT2D eigenvalue weighted by Gasteiger charge is 2.22. The zero-order chi connectivity index (χ0) is 22.2. The lowest BCUT2D eigenvalue weighted by Crippen LogP contribution is -2.31. The minimum absolute atomic E-state index is 0.0459. The summed E-state index contributed by atoms with van der Waals surface area (Å²) in [7, 11) is 2.00. The maximum atomic E-state index is 12.1. The van der Waals surface area contributed by atoms with Crippen LogP contribution in [0.2, 0.25) is 0 Å². The second kappa shape index (κ2) is 8.30. The maximum absolute atomic E-state index is 12.1. The van der Waals surface area contributed by atoms with Crippen molar-refractivity contribution in [2.24, 2.45) is 5.41 Å². The van der Waals surface area contributed by atoms with Crippen molar-refractivity contribution in [1.82, 2.24) is 25.6 Å². The second-order valence-corrected chi connectivity index (χ2v) is 9.67. The topological polar surface area (TPSA) is 107 Å².